The van der Waals surface area contributed by atoms with Crippen LogP contribution in [-0.2, 0) is 19.3 Å². The zero-order valence-electron chi connectivity index (χ0n) is 10.2. The third-order valence-corrected chi connectivity index (χ3v) is 3.99. The highest BCUT2D eigenvalue weighted by molar-refractivity contribution is 5.69. The molecular formula is C14H20N2O. The first-order chi connectivity index (χ1) is 8.31. The van der Waals surface area contributed by atoms with E-state index in [1.54, 1.807) is 0 Å². The molecule has 0 spiro atoms. The van der Waals surface area contributed by atoms with Gasteiger partial charge in [-0.3, -0.25) is 0 Å². The third kappa shape index (κ3) is 1.69. The Hall–Kier alpha value is -1.22. The summed E-state index contributed by atoms with van der Waals surface area (Å²) in [6.07, 6.45) is 5.34. The molecule has 1 aromatic carbocycles. The maximum absolute atomic E-state index is 10.3. The molecule has 3 N–H and O–H groups in total. The molecule has 3 nitrogen and oxygen atoms in total. The van der Waals surface area contributed by atoms with Gasteiger partial charge in [-0.25, -0.2) is 0 Å². The number of phenols is 1. The highest BCUT2D eigenvalue weighted by atomic mass is 16.3. The Kier molecular flexibility index (Phi) is 2.71. The molecule has 2 aliphatic heterocycles. The van der Waals surface area contributed by atoms with Gasteiger partial charge < -0.3 is 15.7 Å². The molecule has 3 heteroatoms. The van der Waals surface area contributed by atoms with Crippen molar-refractivity contribution >= 4 is 5.69 Å². The van der Waals surface area contributed by atoms with Crippen LogP contribution < -0.4 is 10.6 Å². The van der Waals surface area contributed by atoms with E-state index in [2.05, 4.69) is 11.0 Å². The average Bonchev–Trinajstić information content (AvgIpc) is 2.36. The van der Waals surface area contributed by atoms with Gasteiger partial charge in [0.25, 0.3) is 0 Å². The summed E-state index contributed by atoms with van der Waals surface area (Å²) in [5.74, 6) is 0.515. The van der Waals surface area contributed by atoms with Crippen LogP contribution >= 0.6 is 0 Å². The minimum Gasteiger partial charge on any atom is -0.507 e. The van der Waals surface area contributed by atoms with Gasteiger partial charge in [-0.05, 0) is 55.8 Å². The van der Waals surface area contributed by atoms with Crippen molar-refractivity contribution in [2.24, 2.45) is 5.73 Å². The Balaban J connectivity index is 2.14. The van der Waals surface area contributed by atoms with Crippen LogP contribution in [0.3, 0.4) is 0 Å². The predicted molar refractivity (Wildman–Crippen MR) is 69.7 cm³/mol. The molecule has 1 aromatic rings. The van der Waals surface area contributed by atoms with E-state index in [0.717, 1.165) is 44.3 Å². The summed E-state index contributed by atoms with van der Waals surface area (Å²) < 4.78 is 0. The second-order valence-corrected chi connectivity index (χ2v) is 5.10. The van der Waals surface area contributed by atoms with Crippen molar-refractivity contribution in [2.45, 2.75) is 32.1 Å². The number of hydrogen-bond acceptors (Lipinski definition) is 3. The van der Waals surface area contributed by atoms with E-state index in [1.165, 1.54) is 23.2 Å². The Morgan fingerprint density at radius 3 is 2.76 bits per heavy atom. The largest absolute Gasteiger partial charge is 0.507 e. The molecule has 0 unspecified atom stereocenters. The fourth-order valence-corrected chi connectivity index (χ4v) is 3.26. The van der Waals surface area contributed by atoms with Crippen LogP contribution in [0, 0.1) is 0 Å². The Morgan fingerprint density at radius 1 is 1.24 bits per heavy atom. The van der Waals surface area contributed by atoms with Gasteiger partial charge in [0.05, 0.1) is 0 Å². The molecule has 0 aromatic heterocycles. The minimum absolute atomic E-state index is 0.515. The van der Waals surface area contributed by atoms with Gasteiger partial charge in [0, 0.05) is 24.3 Å². The van der Waals surface area contributed by atoms with Gasteiger partial charge in [-0.1, -0.05) is 0 Å². The van der Waals surface area contributed by atoms with Crippen molar-refractivity contribution < 1.29 is 5.11 Å². The molecule has 2 heterocycles. The summed E-state index contributed by atoms with van der Waals surface area (Å²) in [5, 5.41) is 10.3. The second kappa shape index (κ2) is 4.22. The van der Waals surface area contributed by atoms with Crippen molar-refractivity contribution in [1.82, 2.24) is 0 Å². The molecule has 92 valence electrons. The molecule has 3 rings (SSSR count). The zero-order valence-corrected chi connectivity index (χ0v) is 10.2. The zero-order chi connectivity index (χ0) is 11.8. The van der Waals surface area contributed by atoms with Crippen LogP contribution in [0.5, 0.6) is 5.75 Å². The van der Waals surface area contributed by atoms with Crippen LogP contribution in [0.1, 0.15) is 29.5 Å². The number of nitrogens with two attached hydrogens (primary N) is 1. The summed E-state index contributed by atoms with van der Waals surface area (Å²) in [6.45, 7) is 2.90. The number of nitrogens with zero attached hydrogens (tertiary/aromatic N) is 1. The van der Waals surface area contributed by atoms with Crippen LogP contribution in [-0.4, -0.2) is 24.7 Å². The molecule has 0 saturated carbocycles. The fraction of sp³-hybridized carbons (Fsp3) is 0.571. The van der Waals surface area contributed by atoms with Crippen molar-refractivity contribution in [3.8, 4) is 5.75 Å². The summed E-state index contributed by atoms with van der Waals surface area (Å²) >= 11 is 0. The molecule has 0 saturated heterocycles. The second-order valence-electron chi connectivity index (χ2n) is 5.10. The van der Waals surface area contributed by atoms with Gasteiger partial charge in [-0.2, -0.15) is 0 Å². The van der Waals surface area contributed by atoms with E-state index in [9.17, 15) is 5.11 Å². The molecular weight excluding hydrogens is 212 g/mol. The molecule has 0 aliphatic carbocycles. The molecule has 17 heavy (non-hydrogen) atoms. The van der Waals surface area contributed by atoms with Crippen molar-refractivity contribution in [3.63, 3.8) is 0 Å². The molecule has 0 atom stereocenters. The van der Waals surface area contributed by atoms with Gasteiger partial charge in [0.15, 0.2) is 0 Å². The lowest BCUT2D eigenvalue weighted by molar-refractivity contribution is 0.455. The molecule has 0 radical (unpaired) electrons. The number of anilines is 1. The lowest BCUT2D eigenvalue weighted by Crippen LogP contribution is -2.34. The van der Waals surface area contributed by atoms with Gasteiger partial charge in [-0.15, -0.1) is 0 Å². The maximum Gasteiger partial charge on any atom is 0.124 e. The molecule has 0 bridgehead atoms. The first-order valence-electron chi connectivity index (χ1n) is 6.63. The van der Waals surface area contributed by atoms with Crippen LogP contribution in [0.25, 0.3) is 0 Å². The lowest BCUT2D eigenvalue weighted by Gasteiger charge is -2.37. The van der Waals surface area contributed by atoms with Crippen LogP contribution in [0.15, 0.2) is 6.07 Å². The average molecular weight is 232 g/mol. The predicted octanol–water partition coefficient (Wildman–Crippen LogP) is 1.59. The number of aryl methyl sites for hydroxylation is 1. The van der Waals surface area contributed by atoms with Gasteiger partial charge in [0.2, 0.25) is 0 Å². The monoisotopic (exact) mass is 232 g/mol. The molecule has 2 aliphatic rings. The first-order valence-corrected chi connectivity index (χ1v) is 6.63. The number of rotatable bonds is 2. The lowest BCUT2D eigenvalue weighted by atomic mass is 9.88. The SMILES string of the molecule is NCCc1cc2c3c(c1O)CCCN3CCC2. The topological polar surface area (TPSA) is 49.5 Å². The standard InChI is InChI=1S/C14H20N2O/c15-6-5-11-9-10-3-1-7-16-8-2-4-12(13(10)16)14(11)17/h9,17H,1-8,15H2. The smallest absolute Gasteiger partial charge is 0.124 e. The number of hydrogen-bond donors (Lipinski definition) is 2. The van der Waals surface area contributed by atoms with E-state index >= 15 is 0 Å². The van der Waals surface area contributed by atoms with Gasteiger partial charge in [0.1, 0.15) is 5.75 Å². The normalized spacial score (nSPS) is 18.1. The minimum atomic E-state index is 0.515. The maximum atomic E-state index is 10.3. The van der Waals surface area contributed by atoms with E-state index in [0.29, 0.717) is 12.3 Å². The Morgan fingerprint density at radius 2 is 2.00 bits per heavy atom. The Bertz CT molecular complexity index is 440. The Labute approximate surface area is 102 Å². The summed E-state index contributed by atoms with van der Waals surface area (Å²) in [5.41, 5.74) is 10.6. The van der Waals surface area contributed by atoms with Crippen LogP contribution in [0.2, 0.25) is 0 Å². The summed E-state index contributed by atoms with van der Waals surface area (Å²) in [4.78, 5) is 2.45. The summed E-state index contributed by atoms with van der Waals surface area (Å²) in [6, 6.07) is 2.18. The first kappa shape index (κ1) is 10.9. The van der Waals surface area contributed by atoms with Crippen molar-refractivity contribution in [2.75, 3.05) is 24.5 Å². The fourth-order valence-electron chi connectivity index (χ4n) is 3.26. The van der Waals surface area contributed by atoms with E-state index in [4.69, 9.17) is 5.73 Å². The van der Waals surface area contributed by atoms with E-state index < -0.39 is 0 Å². The third-order valence-electron chi connectivity index (χ3n) is 3.99. The van der Waals surface area contributed by atoms with E-state index in [-0.39, 0.29) is 0 Å². The number of aromatic hydroxyl groups is 1. The molecule has 0 fully saturated rings. The number of phenolic OH excluding ortho intramolecular Hbond substituents is 1. The summed E-state index contributed by atoms with van der Waals surface area (Å²) in [7, 11) is 0. The van der Waals surface area contributed by atoms with Crippen molar-refractivity contribution in [3.05, 3.63) is 22.8 Å². The highest BCUT2D eigenvalue weighted by Gasteiger charge is 2.27. The molecule has 0 amide bonds. The van der Waals surface area contributed by atoms with Crippen LogP contribution in [0.4, 0.5) is 5.69 Å². The number of benzene rings is 1. The van der Waals surface area contributed by atoms with Gasteiger partial charge >= 0.3 is 0 Å². The van der Waals surface area contributed by atoms with E-state index in [1.807, 2.05) is 0 Å². The van der Waals surface area contributed by atoms with Crippen molar-refractivity contribution in [1.29, 1.82) is 0 Å². The highest BCUT2D eigenvalue weighted by Crippen LogP contribution is 2.41. The quantitative estimate of drug-likeness (QED) is 0.814.